The molecule has 0 radical (unpaired) electrons. The molecule has 1 unspecified atom stereocenters. The first-order valence-electron chi connectivity index (χ1n) is 11.1. The van der Waals surface area contributed by atoms with Gasteiger partial charge in [0.2, 0.25) is 5.79 Å². The van der Waals surface area contributed by atoms with E-state index >= 15 is 0 Å². The molecule has 0 bridgehead atoms. The van der Waals surface area contributed by atoms with E-state index in [2.05, 4.69) is 31.2 Å². The summed E-state index contributed by atoms with van der Waals surface area (Å²) in [5.41, 5.74) is 5.74. The number of aliphatic hydroxyl groups is 5. The molecule has 2 aromatic rings. The summed E-state index contributed by atoms with van der Waals surface area (Å²) in [6.45, 7) is 3.56. The van der Waals surface area contributed by atoms with Gasteiger partial charge in [0.05, 0.1) is 6.61 Å². The van der Waals surface area contributed by atoms with E-state index in [0.29, 0.717) is 12.0 Å². The minimum atomic E-state index is -2.22. The summed E-state index contributed by atoms with van der Waals surface area (Å²) in [6.07, 6.45) is -2.52. The summed E-state index contributed by atoms with van der Waals surface area (Å²) >= 11 is 0. The number of benzene rings is 2. The van der Waals surface area contributed by atoms with Gasteiger partial charge in [0.1, 0.15) is 24.4 Å². The smallest absolute Gasteiger partial charge is 0.222 e. The van der Waals surface area contributed by atoms with E-state index in [-0.39, 0.29) is 5.92 Å². The number of aryl methyl sites for hydroxylation is 2. The molecule has 6 heteroatoms. The van der Waals surface area contributed by atoms with Gasteiger partial charge >= 0.3 is 0 Å². The highest BCUT2D eigenvalue weighted by molar-refractivity contribution is 5.46. The fourth-order valence-electron chi connectivity index (χ4n) is 4.50. The lowest BCUT2D eigenvalue weighted by molar-refractivity contribution is -0.358. The second kappa shape index (κ2) is 8.62. The third kappa shape index (κ3) is 4.16. The van der Waals surface area contributed by atoms with Gasteiger partial charge in [-0.2, -0.15) is 0 Å². The monoisotopic (exact) mass is 428 g/mol. The Kier molecular flexibility index (Phi) is 6.23. The highest BCUT2D eigenvalue weighted by Crippen LogP contribution is 2.47. The predicted molar refractivity (Wildman–Crippen MR) is 116 cm³/mol. The summed E-state index contributed by atoms with van der Waals surface area (Å²) in [4.78, 5) is 0. The van der Waals surface area contributed by atoms with E-state index in [9.17, 15) is 25.5 Å². The van der Waals surface area contributed by atoms with Crippen molar-refractivity contribution in [3.63, 3.8) is 0 Å². The Balaban J connectivity index is 1.75. The van der Waals surface area contributed by atoms with Crippen LogP contribution in [0.25, 0.3) is 0 Å². The minimum absolute atomic E-state index is 0.253. The summed E-state index contributed by atoms with van der Waals surface area (Å²) < 4.78 is 5.64. The van der Waals surface area contributed by atoms with Crippen molar-refractivity contribution in [1.29, 1.82) is 0 Å². The standard InChI is InChI=1S/C25H32O6/c1-3-15-4-6-16(7-5-15)11-18-12-20(19(10-14(18)2)17-8-9-17)25(30)24(29)23(28)22(27)21(13-26)31-25/h4-7,10,12,17,21-24,26-30H,3,8-9,11,13H2,1-2H3/t21-,22-,23+,24-,25?/m1/s1. The van der Waals surface area contributed by atoms with Crippen molar-refractivity contribution in [3.8, 4) is 0 Å². The van der Waals surface area contributed by atoms with Gasteiger partial charge in [-0.05, 0) is 72.4 Å². The van der Waals surface area contributed by atoms with Crippen LogP contribution < -0.4 is 0 Å². The lowest BCUT2D eigenvalue weighted by atomic mass is 9.82. The highest BCUT2D eigenvalue weighted by atomic mass is 16.7. The average molecular weight is 429 g/mol. The van der Waals surface area contributed by atoms with Gasteiger partial charge in [0.25, 0.3) is 0 Å². The van der Waals surface area contributed by atoms with Crippen LogP contribution in [-0.4, -0.2) is 56.6 Å². The second-order valence-corrected chi connectivity index (χ2v) is 8.95. The van der Waals surface area contributed by atoms with E-state index in [4.69, 9.17) is 4.74 Å². The summed E-state index contributed by atoms with van der Waals surface area (Å²) in [7, 11) is 0. The Hall–Kier alpha value is -1.80. The molecule has 2 aliphatic rings. The molecule has 31 heavy (non-hydrogen) atoms. The van der Waals surface area contributed by atoms with Crippen molar-refractivity contribution in [2.24, 2.45) is 0 Å². The Morgan fingerprint density at radius 3 is 2.23 bits per heavy atom. The second-order valence-electron chi connectivity index (χ2n) is 8.95. The molecule has 1 aliphatic carbocycles. The summed E-state index contributed by atoms with van der Waals surface area (Å²) in [5, 5.41) is 52.2. The van der Waals surface area contributed by atoms with Gasteiger partial charge in [0, 0.05) is 5.56 Å². The number of ether oxygens (including phenoxy) is 1. The molecule has 5 N–H and O–H groups in total. The lowest BCUT2D eigenvalue weighted by Gasteiger charge is -2.46. The van der Waals surface area contributed by atoms with Crippen molar-refractivity contribution in [2.75, 3.05) is 6.61 Å². The molecular formula is C25H32O6. The molecule has 2 aromatic carbocycles. The molecule has 4 rings (SSSR count). The molecule has 5 atom stereocenters. The molecule has 0 amide bonds. The van der Waals surface area contributed by atoms with Crippen molar-refractivity contribution in [2.45, 2.75) is 75.7 Å². The van der Waals surface area contributed by atoms with Crippen LogP contribution in [0.3, 0.4) is 0 Å². The predicted octanol–water partition coefficient (Wildman–Crippen LogP) is 1.64. The number of hydrogen-bond acceptors (Lipinski definition) is 6. The van der Waals surface area contributed by atoms with E-state index in [1.54, 1.807) is 0 Å². The normalized spacial score (nSPS) is 31.1. The zero-order valence-electron chi connectivity index (χ0n) is 18.0. The van der Waals surface area contributed by atoms with E-state index in [1.165, 1.54) is 5.56 Å². The molecule has 1 saturated carbocycles. The number of hydrogen-bond donors (Lipinski definition) is 5. The summed E-state index contributed by atoms with van der Waals surface area (Å²) in [5.74, 6) is -1.97. The molecule has 168 valence electrons. The molecular weight excluding hydrogens is 396 g/mol. The van der Waals surface area contributed by atoms with E-state index in [0.717, 1.165) is 41.5 Å². The van der Waals surface area contributed by atoms with Crippen LogP contribution in [0.2, 0.25) is 0 Å². The van der Waals surface area contributed by atoms with Crippen LogP contribution >= 0.6 is 0 Å². The van der Waals surface area contributed by atoms with Gasteiger partial charge in [-0.1, -0.05) is 37.3 Å². The van der Waals surface area contributed by atoms with Crippen molar-refractivity contribution >= 4 is 0 Å². The maximum Gasteiger partial charge on any atom is 0.222 e. The van der Waals surface area contributed by atoms with Crippen molar-refractivity contribution in [3.05, 3.63) is 69.8 Å². The van der Waals surface area contributed by atoms with Crippen LogP contribution in [0.4, 0.5) is 0 Å². The van der Waals surface area contributed by atoms with Crippen LogP contribution in [0.15, 0.2) is 36.4 Å². The van der Waals surface area contributed by atoms with Gasteiger partial charge in [-0.15, -0.1) is 0 Å². The van der Waals surface area contributed by atoms with E-state index in [1.807, 2.05) is 19.1 Å². The van der Waals surface area contributed by atoms with Gasteiger partial charge in [-0.25, -0.2) is 0 Å². The zero-order chi connectivity index (χ0) is 22.3. The van der Waals surface area contributed by atoms with Gasteiger partial charge in [0.15, 0.2) is 0 Å². The Bertz CT molecular complexity index is 920. The maximum absolute atomic E-state index is 11.5. The average Bonchev–Trinajstić information content (AvgIpc) is 3.62. The molecule has 0 spiro atoms. The minimum Gasteiger partial charge on any atom is -0.394 e. The Morgan fingerprint density at radius 2 is 1.65 bits per heavy atom. The number of rotatable bonds is 6. The molecule has 6 nitrogen and oxygen atoms in total. The topological polar surface area (TPSA) is 110 Å². The highest BCUT2D eigenvalue weighted by Gasteiger charge is 2.55. The molecule has 0 aromatic heterocycles. The third-order valence-corrected chi connectivity index (χ3v) is 6.70. The fourth-order valence-corrected chi connectivity index (χ4v) is 4.50. The lowest BCUT2D eigenvalue weighted by Crippen LogP contribution is -2.63. The largest absolute Gasteiger partial charge is 0.394 e. The Labute approximate surface area is 182 Å². The first-order chi connectivity index (χ1) is 14.8. The van der Waals surface area contributed by atoms with E-state index < -0.39 is 36.8 Å². The van der Waals surface area contributed by atoms with Gasteiger partial charge < -0.3 is 30.3 Å². The third-order valence-electron chi connectivity index (χ3n) is 6.70. The van der Waals surface area contributed by atoms with Crippen molar-refractivity contribution < 1.29 is 30.3 Å². The van der Waals surface area contributed by atoms with Gasteiger partial charge in [-0.3, -0.25) is 0 Å². The van der Waals surface area contributed by atoms with Crippen LogP contribution in [-0.2, 0) is 23.4 Å². The number of aliphatic hydroxyl groups excluding tert-OH is 4. The summed E-state index contributed by atoms with van der Waals surface area (Å²) in [6, 6.07) is 12.3. The van der Waals surface area contributed by atoms with Crippen LogP contribution in [0, 0.1) is 6.92 Å². The maximum atomic E-state index is 11.5. The zero-order valence-corrected chi connectivity index (χ0v) is 18.0. The molecule has 1 saturated heterocycles. The SMILES string of the molecule is CCc1ccc(Cc2cc(C3(O)O[C@H](CO)[C@@H](O)[C@H](O)[C@H]3O)c(C3CC3)cc2C)cc1. The quantitative estimate of drug-likeness (QED) is 0.479. The van der Waals surface area contributed by atoms with Crippen molar-refractivity contribution in [1.82, 2.24) is 0 Å². The first-order valence-corrected chi connectivity index (χ1v) is 11.1. The first kappa shape index (κ1) is 22.4. The fraction of sp³-hybridized carbons (Fsp3) is 0.520. The molecule has 1 heterocycles. The molecule has 1 aliphatic heterocycles. The Morgan fingerprint density at radius 1 is 1.00 bits per heavy atom. The van der Waals surface area contributed by atoms with Crippen LogP contribution in [0.5, 0.6) is 0 Å². The van der Waals surface area contributed by atoms with Crippen LogP contribution in [0.1, 0.15) is 59.1 Å². The molecule has 2 fully saturated rings.